The maximum atomic E-state index is 11.6. The van der Waals surface area contributed by atoms with Crippen molar-refractivity contribution in [1.82, 2.24) is 5.32 Å². The summed E-state index contributed by atoms with van der Waals surface area (Å²) in [4.78, 5) is 34.2. The van der Waals surface area contributed by atoms with Crippen molar-refractivity contribution in [1.29, 1.82) is 0 Å². The quantitative estimate of drug-likeness (QED) is 0.429. The zero-order valence-corrected chi connectivity index (χ0v) is 11.5. The van der Waals surface area contributed by atoms with Gasteiger partial charge in [0, 0.05) is 12.8 Å². The lowest BCUT2D eigenvalue weighted by atomic mass is 10.1. The van der Waals surface area contributed by atoms with Crippen molar-refractivity contribution in [3.05, 3.63) is 0 Å². The van der Waals surface area contributed by atoms with Crippen LogP contribution in [0, 0.1) is 0 Å². The highest BCUT2D eigenvalue weighted by atomic mass is 16.5. The Bertz CT molecular complexity index is 319. The molecule has 8 nitrogen and oxygen atoms in total. The van der Waals surface area contributed by atoms with E-state index in [1.54, 1.807) is 6.92 Å². The number of hydrogen-bond donors (Lipinski definition) is 3. The number of aliphatic hydroxyl groups excluding tert-OH is 2. The molecular weight excluding hydrogens is 270 g/mol. The molecule has 116 valence electrons. The number of carbonyl (C=O) groups is 3. The Morgan fingerprint density at radius 1 is 1.10 bits per heavy atom. The van der Waals surface area contributed by atoms with Crippen LogP contribution in [0.4, 0.5) is 0 Å². The van der Waals surface area contributed by atoms with Crippen molar-refractivity contribution in [2.24, 2.45) is 0 Å². The molecule has 1 atom stereocenters. The minimum absolute atomic E-state index is 0.0280. The second kappa shape index (κ2) is 11.2. The predicted molar refractivity (Wildman–Crippen MR) is 67.5 cm³/mol. The van der Waals surface area contributed by atoms with Crippen LogP contribution in [0.5, 0.6) is 0 Å². The van der Waals surface area contributed by atoms with E-state index in [2.05, 4.69) is 10.1 Å². The first-order valence-corrected chi connectivity index (χ1v) is 6.38. The van der Waals surface area contributed by atoms with Crippen LogP contribution in [0.3, 0.4) is 0 Å². The molecule has 3 N–H and O–H groups in total. The zero-order valence-electron chi connectivity index (χ0n) is 11.5. The Morgan fingerprint density at radius 3 is 2.25 bits per heavy atom. The summed E-state index contributed by atoms with van der Waals surface area (Å²) in [6.07, 6.45) is 0.127. The van der Waals surface area contributed by atoms with E-state index in [0.29, 0.717) is 0 Å². The normalized spacial score (nSPS) is 11.6. The molecule has 0 rings (SSSR count). The molecular formula is C12H21NO7. The summed E-state index contributed by atoms with van der Waals surface area (Å²) in [5.41, 5.74) is 0. The lowest BCUT2D eigenvalue weighted by Gasteiger charge is -2.16. The van der Waals surface area contributed by atoms with Gasteiger partial charge in [0.05, 0.1) is 13.2 Å². The Morgan fingerprint density at radius 2 is 1.70 bits per heavy atom. The van der Waals surface area contributed by atoms with Gasteiger partial charge in [-0.3, -0.25) is 9.59 Å². The van der Waals surface area contributed by atoms with E-state index in [-0.39, 0.29) is 51.6 Å². The van der Waals surface area contributed by atoms with Gasteiger partial charge < -0.3 is 25.0 Å². The molecule has 0 heterocycles. The van der Waals surface area contributed by atoms with E-state index >= 15 is 0 Å². The van der Waals surface area contributed by atoms with E-state index in [1.165, 1.54) is 0 Å². The Labute approximate surface area is 117 Å². The van der Waals surface area contributed by atoms with Gasteiger partial charge >= 0.3 is 11.9 Å². The van der Waals surface area contributed by atoms with Gasteiger partial charge in [0.15, 0.2) is 0 Å². The number of amides is 1. The fraction of sp³-hybridized carbons (Fsp3) is 0.750. The number of nitrogens with one attached hydrogen (secondary N) is 1. The molecule has 1 unspecified atom stereocenters. The molecule has 0 aromatic carbocycles. The standard InChI is InChI=1S/C12H21NO7/c1-2-10(16)13-9(12(18)20-8-6-15)3-4-11(17)19-7-5-14/h9,14-15H,2-8H2,1H3,(H,13,16). The summed E-state index contributed by atoms with van der Waals surface area (Å²) in [6.45, 7) is 0.742. The van der Waals surface area contributed by atoms with Gasteiger partial charge in [0.1, 0.15) is 19.3 Å². The number of rotatable bonds is 10. The van der Waals surface area contributed by atoms with Gasteiger partial charge in [-0.1, -0.05) is 6.92 Å². The first-order valence-electron chi connectivity index (χ1n) is 6.38. The number of hydrogen-bond acceptors (Lipinski definition) is 7. The van der Waals surface area contributed by atoms with Crippen LogP contribution < -0.4 is 5.32 Å². The van der Waals surface area contributed by atoms with E-state index < -0.39 is 18.0 Å². The highest BCUT2D eigenvalue weighted by molar-refractivity contribution is 5.84. The number of aliphatic hydroxyl groups is 2. The van der Waals surface area contributed by atoms with Crippen molar-refractivity contribution >= 4 is 17.8 Å². The molecule has 1 amide bonds. The molecule has 0 saturated carbocycles. The Hall–Kier alpha value is -1.67. The largest absolute Gasteiger partial charge is 0.463 e. The predicted octanol–water partition coefficient (Wildman–Crippen LogP) is -1.27. The second-order valence-corrected chi connectivity index (χ2v) is 3.85. The molecule has 0 aromatic rings. The van der Waals surface area contributed by atoms with Crippen molar-refractivity contribution < 1.29 is 34.1 Å². The summed E-state index contributed by atoms with van der Waals surface area (Å²) in [5.74, 6) is -1.64. The summed E-state index contributed by atoms with van der Waals surface area (Å²) in [7, 11) is 0. The topological polar surface area (TPSA) is 122 Å². The van der Waals surface area contributed by atoms with E-state index in [4.69, 9.17) is 14.9 Å². The lowest BCUT2D eigenvalue weighted by molar-refractivity contribution is -0.150. The fourth-order valence-electron chi connectivity index (χ4n) is 1.29. The number of carbonyl (C=O) groups excluding carboxylic acids is 3. The molecule has 0 fully saturated rings. The number of ether oxygens (including phenoxy) is 2. The summed E-state index contributed by atoms with van der Waals surface area (Å²) in [6, 6.07) is -0.962. The first-order chi connectivity index (χ1) is 9.54. The van der Waals surface area contributed by atoms with Crippen molar-refractivity contribution in [2.45, 2.75) is 32.2 Å². The minimum atomic E-state index is -0.962. The van der Waals surface area contributed by atoms with Crippen LogP contribution in [0.1, 0.15) is 26.2 Å². The molecule has 8 heteroatoms. The second-order valence-electron chi connectivity index (χ2n) is 3.85. The summed E-state index contributed by atoms with van der Waals surface area (Å²) in [5, 5.41) is 19.5. The van der Waals surface area contributed by atoms with Crippen LogP contribution in [0.15, 0.2) is 0 Å². The van der Waals surface area contributed by atoms with Crippen LogP contribution >= 0.6 is 0 Å². The first kappa shape index (κ1) is 18.3. The maximum absolute atomic E-state index is 11.6. The van der Waals surface area contributed by atoms with Crippen LogP contribution in [-0.2, 0) is 23.9 Å². The number of esters is 2. The monoisotopic (exact) mass is 291 g/mol. The molecule has 0 aliphatic rings. The van der Waals surface area contributed by atoms with Crippen LogP contribution in [0.2, 0.25) is 0 Å². The van der Waals surface area contributed by atoms with Gasteiger partial charge in [-0.05, 0) is 6.42 Å². The zero-order chi connectivity index (χ0) is 15.4. The third-order valence-corrected chi connectivity index (χ3v) is 2.27. The van der Waals surface area contributed by atoms with Gasteiger partial charge in [0.25, 0.3) is 0 Å². The Kier molecular flexibility index (Phi) is 10.2. The van der Waals surface area contributed by atoms with Crippen molar-refractivity contribution in [3.63, 3.8) is 0 Å². The van der Waals surface area contributed by atoms with Crippen molar-refractivity contribution in [2.75, 3.05) is 26.4 Å². The van der Waals surface area contributed by atoms with E-state index in [0.717, 1.165) is 0 Å². The minimum Gasteiger partial charge on any atom is -0.463 e. The summed E-state index contributed by atoms with van der Waals surface area (Å²) < 4.78 is 9.36. The smallest absolute Gasteiger partial charge is 0.328 e. The van der Waals surface area contributed by atoms with Crippen LogP contribution in [-0.4, -0.2) is 60.5 Å². The maximum Gasteiger partial charge on any atom is 0.328 e. The van der Waals surface area contributed by atoms with E-state index in [1.807, 2.05) is 0 Å². The van der Waals surface area contributed by atoms with Crippen LogP contribution in [0.25, 0.3) is 0 Å². The van der Waals surface area contributed by atoms with Crippen molar-refractivity contribution in [3.8, 4) is 0 Å². The highest BCUT2D eigenvalue weighted by Gasteiger charge is 2.22. The summed E-state index contributed by atoms with van der Waals surface area (Å²) >= 11 is 0. The van der Waals surface area contributed by atoms with Gasteiger partial charge in [-0.2, -0.15) is 0 Å². The third kappa shape index (κ3) is 8.44. The molecule has 0 bridgehead atoms. The molecule has 0 radical (unpaired) electrons. The molecule has 0 aliphatic heterocycles. The molecule has 0 aromatic heterocycles. The SMILES string of the molecule is CCC(=O)NC(CCC(=O)OCCO)C(=O)OCCO. The average Bonchev–Trinajstić information content (AvgIpc) is 2.46. The van der Waals surface area contributed by atoms with E-state index in [9.17, 15) is 14.4 Å². The van der Waals surface area contributed by atoms with Gasteiger partial charge in [0.2, 0.25) is 5.91 Å². The average molecular weight is 291 g/mol. The molecule has 20 heavy (non-hydrogen) atoms. The third-order valence-electron chi connectivity index (χ3n) is 2.27. The van der Waals surface area contributed by atoms with Gasteiger partial charge in [-0.25, -0.2) is 4.79 Å². The highest BCUT2D eigenvalue weighted by Crippen LogP contribution is 2.03. The fourth-order valence-corrected chi connectivity index (χ4v) is 1.29. The van der Waals surface area contributed by atoms with Gasteiger partial charge in [-0.15, -0.1) is 0 Å². The Balaban J connectivity index is 4.33. The molecule has 0 saturated heterocycles. The lowest BCUT2D eigenvalue weighted by Crippen LogP contribution is -2.42. The molecule has 0 aliphatic carbocycles. The molecule has 0 spiro atoms.